The molecule has 1 saturated carbocycles. The van der Waals surface area contributed by atoms with Gasteiger partial charge in [0.25, 0.3) is 5.56 Å². The van der Waals surface area contributed by atoms with E-state index in [0.717, 1.165) is 69.3 Å². The number of aryl methyl sites for hydroxylation is 1. The molecular formula is C24H33N3O2. The summed E-state index contributed by atoms with van der Waals surface area (Å²) in [7, 11) is 0. The van der Waals surface area contributed by atoms with E-state index in [0.29, 0.717) is 22.4 Å². The van der Waals surface area contributed by atoms with Crippen molar-refractivity contribution in [1.82, 2.24) is 9.55 Å². The molecule has 2 aromatic rings. The van der Waals surface area contributed by atoms with E-state index >= 15 is 0 Å². The number of aromatic nitrogens is 2. The van der Waals surface area contributed by atoms with Gasteiger partial charge in [-0.25, -0.2) is 4.98 Å². The van der Waals surface area contributed by atoms with Gasteiger partial charge >= 0.3 is 0 Å². The van der Waals surface area contributed by atoms with Crippen LogP contribution in [-0.4, -0.2) is 15.5 Å². The molecule has 0 saturated heterocycles. The number of hydrogen-bond acceptors (Lipinski definition) is 3. The van der Waals surface area contributed by atoms with E-state index in [4.69, 9.17) is 4.98 Å². The molecule has 0 spiro atoms. The molecule has 2 aliphatic rings. The minimum atomic E-state index is 0.0219. The van der Waals surface area contributed by atoms with Crippen LogP contribution in [0.25, 0.3) is 10.9 Å². The van der Waals surface area contributed by atoms with Gasteiger partial charge in [0.1, 0.15) is 5.82 Å². The molecule has 2 heterocycles. The van der Waals surface area contributed by atoms with Crippen molar-refractivity contribution >= 4 is 22.5 Å². The highest BCUT2D eigenvalue weighted by molar-refractivity contribution is 5.94. The number of anilines is 1. The van der Waals surface area contributed by atoms with Crippen LogP contribution in [0.2, 0.25) is 0 Å². The Balaban J connectivity index is 1.51. The normalized spacial score (nSPS) is 22.7. The van der Waals surface area contributed by atoms with Gasteiger partial charge in [-0.05, 0) is 68.1 Å². The smallest absolute Gasteiger partial charge is 0.261 e. The summed E-state index contributed by atoms with van der Waals surface area (Å²) in [5.74, 6) is 1.73. The number of carbonyl (C=O) groups excluding carboxylic acids is 1. The first-order valence-electron chi connectivity index (χ1n) is 11.2. The molecule has 1 fully saturated rings. The molecule has 5 nitrogen and oxygen atoms in total. The summed E-state index contributed by atoms with van der Waals surface area (Å²) in [6, 6.07) is 5.55. The first-order chi connectivity index (χ1) is 13.8. The number of nitrogens with one attached hydrogen (secondary N) is 1. The molecule has 1 aliphatic heterocycles. The zero-order valence-electron chi connectivity index (χ0n) is 18.0. The van der Waals surface area contributed by atoms with E-state index < -0.39 is 0 Å². The minimum absolute atomic E-state index is 0.0219. The van der Waals surface area contributed by atoms with Crippen LogP contribution in [0.4, 0.5) is 5.69 Å². The molecule has 29 heavy (non-hydrogen) atoms. The molecule has 4 rings (SSSR count). The van der Waals surface area contributed by atoms with Gasteiger partial charge in [-0.1, -0.05) is 27.2 Å². The minimum Gasteiger partial charge on any atom is -0.326 e. The van der Waals surface area contributed by atoms with Gasteiger partial charge in [-0.15, -0.1) is 0 Å². The zero-order chi connectivity index (χ0) is 20.6. The van der Waals surface area contributed by atoms with Crippen molar-refractivity contribution in [2.75, 3.05) is 5.32 Å². The molecule has 1 aliphatic carbocycles. The lowest BCUT2D eigenvalue weighted by molar-refractivity contribution is -0.121. The fraction of sp³-hybridized carbons (Fsp3) is 0.625. The first kappa shape index (κ1) is 20.1. The second kappa shape index (κ2) is 7.92. The molecule has 0 atom stereocenters. The topological polar surface area (TPSA) is 64.0 Å². The number of carbonyl (C=O) groups is 1. The van der Waals surface area contributed by atoms with E-state index in [2.05, 4.69) is 26.1 Å². The Kier molecular flexibility index (Phi) is 5.50. The predicted octanol–water partition coefficient (Wildman–Crippen LogP) is 4.91. The Labute approximate surface area is 172 Å². The average Bonchev–Trinajstić information content (AvgIpc) is 2.94. The third kappa shape index (κ3) is 4.24. The lowest BCUT2D eigenvalue weighted by Crippen LogP contribution is -2.31. The van der Waals surface area contributed by atoms with Crippen molar-refractivity contribution in [2.24, 2.45) is 17.3 Å². The van der Waals surface area contributed by atoms with Crippen molar-refractivity contribution in [3.63, 3.8) is 0 Å². The monoisotopic (exact) mass is 395 g/mol. The lowest BCUT2D eigenvalue weighted by atomic mass is 9.69. The fourth-order valence-electron chi connectivity index (χ4n) is 4.96. The number of nitrogens with zero attached hydrogens (tertiary/aromatic N) is 2. The Bertz CT molecular complexity index is 962. The van der Waals surface area contributed by atoms with Crippen molar-refractivity contribution in [3.05, 3.63) is 34.4 Å². The molecule has 5 heteroatoms. The van der Waals surface area contributed by atoms with Crippen LogP contribution in [0.15, 0.2) is 23.0 Å². The van der Waals surface area contributed by atoms with Gasteiger partial charge in [-0.2, -0.15) is 0 Å². The molecule has 1 aromatic heterocycles. The van der Waals surface area contributed by atoms with Gasteiger partial charge in [-0.3, -0.25) is 14.2 Å². The largest absolute Gasteiger partial charge is 0.326 e. The van der Waals surface area contributed by atoms with Crippen LogP contribution in [0.3, 0.4) is 0 Å². The van der Waals surface area contributed by atoms with E-state index in [1.165, 1.54) is 0 Å². The molecule has 1 aromatic carbocycles. The maximum absolute atomic E-state index is 13.0. The van der Waals surface area contributed by atoms with E-state index in [9.17, 15) is 9.59 Å². The summed E-state index contributed by atoms with van der Waals surface area (Å²) in [5, 5.41) is 3.66. The standard InChI is InChI=1S/C24H33N3O2/c1-24(2,3)17-10-8-16(9-11-17)22(28)25-18-12-13-20-19(15-18)23(29)27-14-6-4-5-7-21(27)26-20/h12-13,15-17H,4-11,14H2,1-3H3,(H,25,28). The van der Waals surface area contributed by atoms with E-state index in [1.54, 1.807) is 0 Å². The van der Waals surface area contributed by atoms with E-state index in [1.807, 2.05) is 22.8 Å². The van der Waals surface area contributed by atoms with Crippen LogP contribution in [0.5, 0.6) is 0 Å². The Morgan fingerprint density at radius 2 is 1.86 bits per heavy atom. The summed E-state index contributed by atoms with van der Waals surface area (Å²) in [6.45, 7) is 7.62. The van der Waals surface area contributed by atoms with Crippen LogP contribution >= 0.6 is 0 Å². The number of amides is 1. The third-order valence-corrected chi connectivity index (χ3v) is 6.91. The van der Waals surface area contributed by atoms with Crippen molar-refractivity contribution in [2.45, 2.75) is 78.7 Å². The lowest BCUT2D eigenvalue weighted by Gasteiger charge is -2.36. The van der Waals surface area contributed by atoms with Crippen LogP contribution in [0, 0.1) is 17.3 Å². The molecule has 1 amide bonds. The molecule has 1 N–H and O–H groups in total. The highest BCUT2D eigenvalue weighted by atomic mass is 16.2. The zero-order valence-corrected chi connectivity index (χ0v) is 18.0. The molecule has 0 bridgehead atoms. The number of benzene rings is 1. The number of hydrogen-bond donors (Lipinski definition) is 1. The van der Waals surface area contributed by atoms with Crippen LogP contribution in [0.1, 0.15) is 71.5 Å². The van der Waals surface area contributed by atoms with Crippen molar-refractivity contribution < 1.29 is 4.79 Å². The summed E-state index contributed by atoms with van der Waals surface area (Å²) in [5.41, 5.74) is 1.77. The third-order valence-electron chi connectivity index (χ3n) is 6.91. The number of rotatable bonds is 2. The average molecular weight is 396 g/mol. The molecule has 156 valence electrons. The van der Waals surface area contributed by atoms with Gasteiger partial charge in [0.15, 0.2) is 0 Å². The summed E-state index contributed by atoms with van der Waals surface area (Å²) < 4.78 is 1.83. The SMILES string of the molecule is CC(C)(C)C1CCC(C(=O)Nc2ccc3nc4n(c(=O)c3c2)CCCCC4)CC1. The quantitative estimate of drug-likeness (QED) is 0.785. The number of fused-ring (bicyclic) bond motifs is 2. The second-order valence-corrected chi connectivity index (χ2v) is 9.93. The second-order valence-electron chi connectivity index (χ2n) is 9.93. The summed E-state index contributed by atoms with van der Waals surface area (Å²) in [4.78, 5) is 30.5. The van der Waals surface area contributed by atoms with Gasteiger partial charge in [0.05, 0.1) is 10.9 Å². The first-order valence-corrected chi connectivity index (χ1v) is 11.2. The van der Waals surface area contributed by atoms with Gasteiger partial charge < -0.3 is 5.32 Å². The van der Waals surface area contributed by atoms with Crippen LogP contribution in [-0.2, 0) is 17.8 Å². The molecule has 0 radical (unpaired) electrons. The Hall–Kier alpha value is -2.17. The van der Waals surface area contributed by atoms with Gasteiger partial charge in [0, 0.05) is 24.6 Å². The van der Waals surface area contributed by atoms with Crippen molar-refractivity contribution in [1.29, 1.82) is 0 Å². The molecular weight excluding hydrogens is 362 g/mol. The fourth-order valence-corrected chi connectivity index (χ4v) is 4.96. The predicted molar refractivity (Wildman–Crippen MR) is 117 cm³/mol. The molecule has 0 unspecified atom stereocenters. The van der Waals surface area contributed by atoms with E-state index in [-0.39, 0.29) is 17.4 Å². The van der Waals surface area contributed by atoms with Gasteiger partial charge in [0.2, 0.25) is 5.91 Å². The maximum Gasteiger partial charge on any atom is 0.261 e. The summed E-state index contributed by atoms with van der Waals surface area (Å²) >= 11 is 0. The maximum atomic E-state index is 13.0. The highest BCUT2D eigenvalue weighted by Crippen LogP contribution is 2.40. The van der Waals surface area contributed by atoms with Crippen molar-refractivity contribution in [3.8, 4) is 0 Å². The highest BCUT2D eigenvalue weighted by Gasteiger charge is 2.32. The van der Waals surface area contributed by atoms with Crippen LogP contribution < -0.4 is 10.9 Å². The summed E-state index contributed by atoms with van der Waals surface area (Å²) in [6.07, 6.45) is 8.21. The Morgan fingerprint density at radius 3 is 2.59 bits per heavy atom. The Morgan fingerprint density at radius 1 is 1.10 bits per heavy atom.